The van der Waals surface area contributed by atoms with E-state index in [2.05, 4.69) is 21.2 Å². The van der Waals surface area contributed by atoms with Crippen LogP contribution in [0.25, 0.3) is 0 Å². The van der Waals surface area contributed by atoms with Gasteiger partial charge in [-0.3, -0.25) is 14.4 Å². The Bertz CT molecular complexity index is 1100. The van der Waals surface area contributed by atoms with Gasteiger partial charge in [0, 0.05) is 13.1 Å². The lowest BCUT2D eigenvalue weighted by atomic mass is 10.1. The number of hydrogen-bond donors (Lipinski definition) is 3. The molecule has 0 radical (unpaired) electrons. The summed E-state index contributed by atoms with van der Waals surface area (Å²) in [5, 5.41) is 9.14. The summed E-state index contributed by atoms with van der Waals surface area (Å²) in [6.45, 7) is 0.706. The number of ether oxygens (including phenoxy) is 1. The summed E-state index contributed by atoms with van der Waals surface area (Å²) in [5.41, 5.74) is 4.92. The van der Waals surface area contributed by atoms with Crippen molar-refractivity contribution in [2.24, 2.45) is 5.10 Å². The molecule has 3 aromatic carbocycles. The first-order valence-electron chi connectivity index (χ1n) is 10.8. The molecule has 34 heavy (non-hydrogen) atoms. The average Bonchev–Trinajstić information content (AvgIpc) is 2.88. The summed E-state index contributed by atoms with van der Waals surface area (Å²) < 4.78 is 5.48. The number of amides is 3. The van der Waals surface area contributed by atoms with Gasteiger partial charge >= 0.3 is 11.8 Å². The Morgan fingerprint density at radius 1 is 0.765 bits per heavy atom. The second-order valence-electron chi connectivity index (χ2n) is 7.31. The van der Waals surface area contributed by atoms with E-state index in [1.54, 1.807) is 24.3 Å². The Kier molecular flexibility index (Phi) is 9.37. The molecule has 8 heteroatoms. The van der Waals surface area contributed by atoms with Gasteiger partial charge in [0.05, 0.1) is 6.21 Å². The summed E-state index contributed by atoms with van der Waals surface area (Å²) in [5.74, 6) is -1.30. The van der Waals surface area contributed by atoms with Crippen molar-refractivity contribution in [2.45, 2.75) is 13.0 Å². The van der Waals surface area contributed by atoms with Crippen LogP contribution in [0.4, 0.5) is 0 Å². The van der Waals surface area contributed by atoms with Gasteiger partial charge in [-0.25, -0.2) is 5.43 Å². The van der Waals surface area contributed by atoms with E-state index < -0.39 is 11.8 Å². The van der Waals surface area contributed by atoms with Crippen molar-refractivity contribution in [1.29, 1.82) is 0 Å². The maximum atomic E-state index is 11.9. The summed E-state index contributed by atoms with van der Waals surface area (Å²) >= 11 is 0. The van der Waals surface area contributed by atoms with Crippen molar-refractivity contribution >= 4 is 23.9 Å². The number of benzene rings is 3. The molecule has 0 saturated carbocycles. The molecule has 174 valence electrons. The third-order valence-corrected chi connectivity index (χ3v) is 4.71. The first kappa shape index (κ1) is 24.2. The van der Waals surface area contributed by atoms with E-state index in [1.807, 2.05) is 60.7 Å². The molecule has 3 aromatic rings. The molecule has 3 rings (SSSR count). The van der Waals surface area contributed by atoms with Crippen LogP contribution in [0.1, 0.15) is 16.7 Å². The van der Waals surface area contributed by atoms with Gasteiger partial charge in [-0.15, -0.1) is 0 Å². The number of hydrogen-bond acceptors (Lipinski definition) is 5. The molecule has 0 aromatic heterocycles. The fraction of sp³-hybridized carbons (Fsp3) is 0.154. The van der Waals surface area contributed by atoms with E-state index in [9.17, 15) is 14.4 Å². The second kappa shape index (κ2) is 13.2. The number of carbonyl (C=O) groups excluding carboxylic acids is 3. The van der Waals surface area contributed by atoms with Crippen LogP contribution in [0.15, 0.2) is 90.0 Å². The molecule has 0 aliphatic heterocycles. The van der Waals surface area contributed by atoms with Gasteiger partial charge in [0.15, 0.2) is 6.61 Å². The highest BCUT2D eigenvalue weighted by molar-refractivity contribution is 6.35. The molecule has 0 heterocycles. The monoisotopic (exact) mass is 458 g/mol. The second-order valence-corrected chi connectivity index (χ2v) is 7.31. The Hall–Kier alpha value is -4.46. The summed E-state index contributed by atoms with van der Waals surface area (Å²) in [4.78, 5) is 35.6. The molecule has 0 saturated heterocycles. The molecule has 0 aliphatic rings. The van der Waals surface area contributed by atoms with Crippen molar-refractivity contribution in [2.75, 3.05) is 13.2 Å². The van der Waals surface area contributed by atoms with Crippen LogP contribution in [0, 0.1) is 0 Å². The van der Waals surface area contributed by atoms with Crippen molar-refractivity contribution in [3.63, 3.8) is 0 Å². The largest absolute Gasteiger partial charge is 0.484 e. The maximum absolute atomic E-state index is 11.9. The average molecular weight is 459 g/mol. The fourth-order valence-electron chi connectivity index (χ4n) is 2.92. The highest BCUT2D eigenvalue weighted by atomic mass is 16.5. The van der Waals surface area contributed by atoms with Crippen LogP contribution in [-0.4, -0.2) is 37.1 Å². The van der Waals surface area contributed by atoms with Gasteiger partial charge < -0.3 is 15.4 Å². The third-order valence-electron chi connectivity index (χ3n) is 4.71. The highest BCUT2D eigenvalue weighted by Gasteiger charge is 2.11. The molecule has 0 atom stereocenters. The molecule has 0 bridgehead atoms. The van der Waals surface area contributed by atoms with Gasteiger partial charge in [0.1, 0.15) is 5.75 Å². The SMILES string of the molecule is O=C(COc1ccc(/C=N\NC(=O)C(=O)NCc2ccccc2)cc1)NCCc1ccccc1. The molecule has 3 N–H and O–H groups in total. The number of nitrogens with one attached hydrogen (secondary N) is 3. The number of carbonyl (C=O) groups is 3. The smallest absolute Gasteiger partial charge is 0.329 e. The number of hydrazone groups is 1. The van der Waals surface area contributed by atoms with Crippen LogP contribution < -0.4 is 20.8 Å². The van der Waals surface area contributed by atoms with Crippen LogP contribution >= 0.6 is 0 Å². The van der Waals surface area contributed by atoms with E-state index >= 15 is 0 Å². The third kappa shape index (κ3) is 8.58. The van der Waals surface area contributed by atoms with Gasteiger partial charge in [0.25, 0.3) is 5.91 Å². The predicted molar refractivity (Wildman–Crippen MR) is 129 cm³/mol. The van der Waals surface area contributed by atoms with Crippen LogP contribution in [-0.2, 0) is 27.3 Å². The lowest BCUT2D eigenvalue weighted by Gasteiger charge is -2.08. The first-order valence-corrected chi connectivity index (χ1v) is 10.8. The Labute approximate surface area is 198 Å². The zero-order valence-electron chi connectivity index (χ0n) is 18.6. The maximum Gasteiger partial charge on any atom is 0.329 e. The van der Waals surface area contributed by atoms with E-state index in [-0.39, 0.29) is 19.1 Å². The standard InChI is InChI=1S/C26H26N4O4/c31-24(27-16-15-20-7-3-1-4-8-20)19-34-23-13-11-22(12-14-23)18-29-30-26(33)25(32)28-17-21-9-5-2-6-10-21/h1-14,18H,15-17,19H2,(H,27,31)(H,28,32)(H,30,33)/b29-18-. The van der Waals surface area contributed by atoms with Crippen LogP contribution in [0.3, 0.4) is 0 Å². The molecule has 0 spiro atoms. The van der Waals surface area contributed by atoms with Crippen molar-refractivity contribution < 1.29 is 19.1 Å². The molecule has 0 unspecified atom stereocenters. The number of nitrogens with zero attached hydrogens (tertiary/aromatic N) is 1. The Balaban J connectivity index is 1.33. The summed E-state index contributed by atoms with van der Waals surface area (Å²) in [6.07, 6.45) is 2.16. The van der Waals surface area contributed by atoms with Crippen LogP contribution in [0.2, 0.25) is 0 Å². The zero-order valence-corrected chi connectivity index (χ0v) is 18.6. The number of rotatable bonds is 10. The first-order chi connectivity index (χ1) is 16.6. The fourth-order valence-corrected chi connectivity index (χ4v) is 2.92. The minimum absolute atomic E-state index is 0.0869. The van der Waals surface area contributed by atoms with E-state index in [0.29, 0.717) is 17.9 Å². The summed E-state index contributed by atoms with van der Waals surface area (Å²) in [6, 6.07) is 26.0. The Morgan fingerprint density at radius 2 is 1.41 bits per heavy atom. The minimum Gasteiger partial charge on any atom is -0.484 e. The summed E-state index contributed by atoms with van der Waals surface area (Å²) in [7, 11) is 0. The van der Waals surface area contributed by atoms with Gasteiger partial charge in [-0.05, 0) is 47.4 Å². The van der Waals surface area contributed by atoms with Crippen molar-refractivity contribution in [3.05, 3.63) is 102 Å². The van der Waals surface area contributed by atoms with Gasteiger partial charge in [-0.1, -0.05) is 60.7 Å². The molecule has 0 fully saturated rings. The topological polar surface area (TPSA) is 109 Å². The minimum atomic E-state index is -0.856. The predicted octanol–water partition coefficient (Wildman–Crippen LogP) is 2.19. The van der Waals surface area contributed by atoms with E-state index in [0.717, 1.165) is 17.5 Å². The zero-order chi connectivity index (χ0) is 24.0. The lowest BCUT2D eigenvalue weighted by Crippen LogP contribution is -2.37. The Morgan fingerprint density at radius 3 is 2.09 bits per heavy atom. The van der Waals surface area contributed by atoms with Gasteiger partial charge in [-0.2, -0.15) is 5.10 Å². The normalized spacial score (nSPS) is 10.5. The molecule has 0 aliphatic carbocycles. The van der Waals surface area contributed by atoms with E-state index in [4.69, 9.17) is 4.74 Å². The molecular formula is C26H26N4O4. The lowest BCUT2D eigenvalue weighted by molar-refractivity contribution is -0.139. The molecular weight excluding hydrogens is 432 g/mol. The van der Waals surface area contributed by atoms with Gasteiger partial charge in [0.2, 0.25) is 0 Å². The molecule has 8 nitrogen and oxygen atoms in total. The van der Waals surface area contributed by atoms with Crippen LogP contribution in [0.5, 0.6) is 5.75 Å². The van der Waals surface area contributed by atoms with Crippen molar-refractivity contribution in [3.8, 4) is 5.75 Å². The van der Waals surface area contributed by atoms with E-state index in [1.165, 1.54) is 6.21 Å². The highest BCUT2D eigenvalue weighted by Crippen LogP contribution is 2.11. The molecule has 3 amide bonds. The van der Waals surface area contributed by atoms with Crippen molar-refractivity contribution in [1.82, 2.24) is 16.1 Å². The quantitative estimate of drug-likeness (QED) is 0.246.